The molecule has 7 nitrogen and oxygen atoms in total. The maximum Gasteiger partial charge on any atom is 0.433 e. The molecule has 174 valence electrons. The minimum atomic E-state index is -4.65. The van der Waals surface area contributed by atoms with Crippen molar-refractivity contribution < 1.29 is 27.5 Å². The molecule has 0 aliphatic heterocycles. The zero-order valence-electron chi connectivity index (χ0n) is 18.1. The van der Waals surface area contributed by atoms with Gasteiger partial charge in [0.2, 0.25) is 0 Å². The number of ether oxygens (including phenoxy) is 1. The molecule has 0 radical (unpaired) electrons. The van der Waals surface area contributed by atoms with E-state index in [4.69, 9.17) is 9.84 Å². The largest absolute Gasteiger partial charge is 0.494 e. The smallest absolute Gasteiger partial charge is 0.433 e. The van der Waals surface area contributed by atoms with Gasteiger partial charge < -0.3 is 14.8 Å². The van der Waals surface area contributed by atoms with Crippen molar-refractivity contribution in [2.45, 2.75) is 44.8 Å². The second-order valence-corrected chi connectivity index (χ2v) is 8.16. The normalized spacial score (nSPS) is 18.8. The molecule has 0 bridgehead atoms. The Morgan fingerprint density at radius 3 is 2.58 bits per heavy atom. The van der Waals surface area contributed by atoms with E-state index in [9.17, 15) is 22.8 Å². The number of hydrogen-bond acceptors (Lipinski definition) is 5. The molecule has 2 aromatic heterocycles. The molecule has 0 atom stereocenters. The fourth-order valence-corrected chi connectivity index (χ4v) is 4.27. The molecule has 0 unspecified atom stereocenters. The maximum atomic E-state index is 13.0. The van der Waals surface area contributed by atoms with Gasteiger partial charge >= 0.3 is 6.18 Å². The summed E-state index contributed by atoms with van der Waals surface area (Å²) in [6.07, 6.45) is -0.303. The second-order valence-electron chi connectivity index (χ2n) is 8.16. The summed E-state index contributed by atoms with van der Waals surface area (Å²) in [7, 11) is 1.43. The summed E-state index contributed by atoms with van der Waals surface area (Å²) in [5.74, 6) is -0.356. The number of methoxy groups -OCH3 is 1. The van der Waals surface area contributed by atoms with Crippen LogP contribution >= 0.6 is 0 Å². The van der Waals surface area contributed by atoms with E-state index < -0.39 is 17.8 Å². The van der Waals surface area contributed by atoms with Crippen molar-refractivity contribution in [3.8, 4) is 5.75 Å². The summed E-state index contributed by atoms with van der Waals surface area (Å²) in [5.41, 5.74) is 0.388. The van der Waals surface area contributed by atoms with Crippen molar-refractivity contribution in [1.29, 1.82) is 0 Å². The number of fused-ring (bicyclic) bond motifs is 1. The Bertz CT molecular complexity index is 1200. The number of benzene rings is 1. The first-order chi connectivity index (χ1) is 15.7. The van der Waals surface area contributed by atoms with E-state index in [1.807, 2.05) is 11.6 Å². The Hall–Kier alpha value is -3.43. The SMILES string of the molecule is COc1cc2nn([C@H]3CC[C@H](C=O)CC3)c(C)c2cc1NC(=O)c1cccc(C(F)(F)F)n1. The predicted octanol–water partition coefficient (Wildman–Crippen LogP) is 4.95. The molecular weight excluding hydrogens is 437 g/mol. The number of hydrogen-bond donors (Lipinski definition) is 1. The zero-order valence-corrected chi connectivity index (χ0v) is 18.1. The summed E-state index contributed by atoms with van der Waals surface area (Å²) in [4.78, 5) is 27.1. The number of nitrogens with one attached hydrogen (secondary N) is 1. The van der Waals surface area contributed by atoms with E-state index in [1.54, 1.807) is 12.1 Å². The van der Waals surface area contributed by atoms with E-state index in [0.29, 0.717) is 17.0 Å². The molecule has 0 spiro atoms. The molecule has 10 heteroatoms. The van der Waals surface area contributed by atoms with Crippen molar-refractivity contribution in [3.05, 3.63) is 47.4 Å². The lowest BCUT2D eigenvalue weighted by atomic mass is 9.87. The van der Waals surface area contributed by atoms with Crippen LogP contribution in [0.3, 0.4) is 0 Å². The number of nitrogens with zero attached hydrogens (tertiary/aromatic N) is 3. The van der Waals surface area contributed by atoms with Gasteiger partial charge in [0.15, 0.2) is 0 Å². The first-order valence-electron chi connectivity index (χ1n) is 10.6. The van der Waals surface area contributed by atoms with Crippen molar-refractivity contribution in [3.63, 3.8) is 0 Å². The molecule has 2 heterocycles. The van der Waals surface area contributed by atoms with Crippen LogP contribution < -0.4 is 10.1 Å². The van der Waals surface area contributed by atoms with Gasteiger partial charge in [-0.2, -0.15) is 18.3 Å². The highest BCUT2D eigenvalue weighted by molar-refractivity contribution is 6.05. The summed E-state index contributed by atoms with van der Waals surface area (Å²) < 4.78 is 46.2. The first-order valence-corrected chi connectivity index (χ1v) is 10.6. The highest BCUT2D eigenvalue weighted by atomic mass is 19.4. The first kappa shape index (κ1) is 22.8. The molecule has 3 aromatic rings. The van der Waals surface area contributed by atoms with Crippen molar-refractivity contribution in [2.24, 2.45) is 5.92 Å². The Balaban J connectivity index is 1.64. The molecule has 1 amide bonds. The van der Waals surface area contributed by atoms with Gasteiger partial charge in [0.25, 0.3) is 5.91 Å². The minimum Gasteiger partial charge on any atom is -0.494 e. The second kappa shape index (κ2) is 8.84. The Labute approximate surface area is 187 Å². The number of aryl methyl sites for hydroxylation is 1. The molecular formula is C23H23F3N4O3. The quantitative estimate of drug-likeness (QED) is 0.545. The number of amides is 1. The zero-order chi connectivity index (χ0) is 23.8. The number of halogens is 3. The number of carbonyl (C=O) groups is 2. The predicted molar refractivity (Wildman–Crippen MR) is 115 cm³/mol. The number of pyridine rings is 1. The van der Waals surface area contributed by atoms with E-state index in [0.717, 1.165) is 55.2 Å². The molecule has 1 fully saturated rings. The molecule has 33 heavy (non-hydrogen) atoms. The third-order valence-electron chi connectivity index (χ3n) is 6.07. The van der Waals surface area contributed by atoms with Gasteiger partial charge in [0.1, 0.15) is 23.4 Å². The highest BCUT2D eigenvalue weighted by Gasteiger charge is 2.33. The lowest BCUT2D eigenvalue weighted by molar-refractivity contribution is -0.141. The average molecular weight is 460 g/mol. The highest BCUT2D eigenvalue weighted by Crippen LogP contribution is 2.36. The van der Waals surface area contributed by atoms with Crippen molar-refractivity contribution in [2.75, 3.05) is 12.4 Å². The van der Waals surface area contributed by atoms with E-state index in [1.165, 1.54) is 13.2 Å². The van der Waals surface area contributed by atoms with Gasteiger partial charge in [-0.1, -0.05) is 6.07 Å². The van der Waals surface area contributed by atoms with Crippen LogP contribution in [-0.4, -0.2) is 34.1 Å². The van der Waals surface area contributed by atoms with Gasteiger partial charge in [-0.3, -0.25) is 9.48 Å². The van der Waals surface area contributed by atoms with Crippen LogP contribution in [0, 0.1) is 12.8 Å². The Kier molecular flexibility index (Phi) is 6.09. The van der Waals surface area contributed by atoms with Gasteiger partial charge in [-0.05, 0) is 50.8 Å². The van der Waals surface area contributed by atoms with Crippen LogP contribution in [0.15, 0.2) is 30.3 Å². The molecule has 1 saturated carbocycles. The average Bonchev–Trinajstić information content (AvgIpc) is 3.13. The van der Waals surface area contributed by atoms with Crippen LogP contribution in [0.2, 0.25) is 0 Å². The van der Waals surface area contributed by atoms with Gasteiger partial charge in [-0.15, -0.1) is 0 Å². The van der Waals surface area contributed by atoms with E-state index in [2.05, 4.69) is 10.3 Å². The number of anilines is 1. The maximum absolute atomic E-state index is 13.0. The summed E-state index contributed by atoms with van der Waals surface area (Å²) in [6, 6.07) is 6.73. The minimum absolute atomic E-state index is 0.0953. The van der Waals surface area contributed by atoms with Crippen molar-refractivity contribution >= 4 is 28.8 Å². The summed E-state index contributed by atoms with van der Waals surface area (Å²) in [6.45, 7) is 1.92. The number of rotatable bonds is 5. The molecule has 1 N–H and O–H groups in total. The number of aromatic nitrogens is 3. The third-order valence-corrected chi connectivity index (χ3v) is 6.07. The van der Waals surface area contributed by atoms with Crippen LogP contribution in [0.1, 0.15) is 53.6 Å². The van der Waals surface area contributed by atoms with Crippen LogP contribution in [0.25, 0.3) is 10.9 Å². The lowest BCUT2D eigenvalue weighted by Gasteiger charge is -2.26. The molecule has 4 rings (SSSR count). The molecule has 1 aliphatic rings. The molecule has 0 saturated heterocycles. The number of alkyl halides is 3. The number of carbonyl (C=O) groups excluding carboxylic acids is 2. The van der Waals surface area contributed by atoms with Crippen LogP contribution in [-0.2, 0) is 11.0 Å². The summed E-state index contributed by atoms with van der Waals surface area (Å²) in [5, 5.41) is 8.11. The third kappa shape index (κ3) is 4.55. The Morgan fingerprint density at radius 2 is 1.94 bits per heavy atom. The van der Waals surface area contributed by atoms with Gasteiger partial charge in [-0.25, -0.2) is 4.98 Å². The van der Waals surface area contributed by atoms with Gasteiger partial charge in [0, 0.05) is 23.1 Å². The summed E-state index contributed by atoms with van der Waals surface area (Å²) >= 11 is 0. The lowest BCUT2D eigenvalue weighted by Crippen LogP contribution is -2.20. The fraction of sp³-hybridized carbons (Fsp3) is 0.391. The topological polar surface area (TPSA) is 86.1 Å². The molecule has 1 aromatic carbocycles. The number of aldehydes is 1. The Morgan fingerprint density at radius 1 is 1.21 bits per heavy atom. The fourth-order valence-electron chi connectivity index (χ4n) is 4.27. The van der Waals surface area contributed by atoms with Gasteiger partial charge in [0.05, 0.1) is 24.4 Å². The van der Waals surface area contributed by atoms with Crippen LogP contribution in [0.5, 0.6) is 5.75 Å². The van der Waals surface area contributed by atoms with Crippen LogP contribution in [0.4, 0.5) is 18.9 Å². The van der Waals surface area contributed by atoms with Crippen molar-refractivity contribution in [1.82, 2.24) is 14.8 Å². The molecule has 1 aliphatic carbocycles. The standard InChI is InChI=1S/C23H23F3N4O3/c1-13-16-10-19(28-22(32)17-4-3-5-21(27-17)23(24,25)26)20(33-2)11-18(16)29-30(13)15-8-6-14(12-31)7-9-15/h3-5,10-12,14-15H,6-9H2,1-2H3,(H,28,32)/t14-,15-. The van der Waals surface area contributed by atoms with E-state index >= 15 is 0 Å². The van der Waals surface area contributed by atoms with E-state index in [-0.39, 0.29) is 17.7 Å². The monoisotopic (exact) mass is 460 g/mol.